The van der Waals surface area contributed by atoms with Gasteiger partial charge in [0.1, 0.15) is 11.3 Å². The summed E-state index contributed by atoms with van der Waals surface area (Å²) in [5.74, 6) is -0.0646. The van der Waals surface area contributed by atoms with Gasteiger partial charge >= 0.3 is 5.97 Å². The summed E-state index contributed by atoms with van der Waals surface area (Å²) < 4.78 is 7.76. The van der Waals surface area contributed by atoms with Crippen molar-refractivity contribution in [3.05, 3.63) is 23.7 Å². The van der Waals surface area contributed by atoms with Crippen molar-refractivity contribution in [3.8, 4) is 0 Å². The zero-order valence-corrected chi connectivity index (χ0v) is 17.1. The molecule has 1 aliphatic rings. The smallest absolute Gasteiger partial charge is 0.354 e. The minimum absolute atomic E-state index is 0.0619. The lowest BCUT2D eigenvalue weighted by molar-refractivity contribution is -0.0556. The van der Waals surface area contributed by atoms with Gasteiger partial charge in [-0.05, 0) is 44.1 Å². The maximum absolute atomic E-state index is 11.3. The molecular weight excluding hydrogens is 336 g/mol. The molecule has 0 saturated carbocycles. The number of imidazole rings is 1. The van der Waals surface area contributed by atoms with Gasteiger partial charge in [-0.25, -0.2) is 14.8 Å². The van der Waals surface area contributed by atoms with Crippen LogP contribution in [0.1, 0.15) is 36.1 Å². The first kappa shape index (κ1) is 18.0. The highest BCUT2D eigenvalue weighted by atomic mass is 28.1. The number of hydrogen-bond donors (Lipinski definition) is 1. The molecule has 0 spiro atoms. The molecule has 7 nitrogen and oxygen atoms in total. The molecule has 1 saturated heterocycles. The maximum Gasteiger partial charge on any atom is 0.354 e. The number of hydrogen-bond acceptors (Lipinski definition) is 5. The highest BCUT2D eigenvalue weighted by Gasteiger charge is 2.27. The fourth-order valence-electron chi connectivity index (χ4n) is 3.29. The van der Waals surface area contributed by atoms with Crippen LogP contribution in [-0.2, 0) is 17.8 Å². The Morgan fingerprint density at radius 1 is 1.52 bits per heavy atom. The first-order valence-electron chi connectivity index (χ1n) is 8.89. The van der Waals surface area contributed by atoms with E-state index in [1.807, 2.05) is 0 Å². The molecule has 0 aromatic carbocycles. The Labute approximate surface area is 150 Å². The van der Waals surface area contributed by atoms with Crippen molar-refractivity contribution in [1.29, 1.82) is 0 Å². The van der Waals surface area contributed by atoms with Crippen LogP contribution in [0.4, 0.5) is 0 Å². The van der Waals surface area contributed by atoms with Gasteiger partial charge in [0.15, 0.2) is 11.3 Å². The maximum atomic E-state index is 11.3. The van der Waals surface area contributed by atoms with Crippen LogP contribution >= 0.6 is 0 Å². The van der Waals surface area contributed by atoms with E-state index in [-0.39, 0.29) is 5.69 Å². The van der Waals surface area contributed by atoms with Crippen LogP contribution in [0.5, 0.6) is 0 Å². The van der Waals surface area contributed by atoms with Crippen LogP contribution in [-0.4, -0.2) is 67.1 Å². The predicted octanol–water partition coefficient (Wildman–Crippen LogP) is 0.914. The molecule has 2 atom stereocenters. The number of pyridine rings is 1. The van der Waals surface area contributed by atoms with Gasteiger partial charge in [-0.3, -0.25) is 4.90 Å². The second-order valence-electron chi connectivity index (χ2n) is 6.90. The molecule has 1 fully saturated rings. The minimum Gasteiger partial charge on any atom is -0.477 e. The molecule has 2 aromatic rings. The fourth-order valence-corrected chi connectivity index (χ4v) is 4.18. The Morgan fingerprint density at radius 2 is 2.28 bits per heavy atom. The monoisotopic (exact) mass is 362 g/mol. The summed E-state index contributed by atoms with van der Waals surface area (Å²) in [6, 6.07) is 3.28. The van der Waals surface area contributed by atoms with Crippen LogP contribution in [0.2, 0.25) is 5.54 Å². The molecule has 0 radical (unpaired) electrons. The molecule has 0 bridgehead atoms. The summed E-state index contributed by atoms with van der Waals surface area (Å²) in [4.78, 5) is 22.6. The Kier molecular flexibility index (Phi) is 5.50. The number of aromatic carboxylic acids is 1. The van der Waals surface area contributed by atoms with E-state index in [9.17, 15) is 9.90 Å². The van der Waals surface area contributed by atoms with Crippen molar-refractivity contribution in [2.24, 2.45) is 0 Å². The van der Waals surface area contributed by atoms with Gasteiger partial charge in [0.2, 0.25) is 0 Å². The van der Waals surface area contributed by atoms with Gasteiger partial charge in [0.05, 0.1) is 12.6 Å². The lowest BCUT2D eigenvalue weighted by Crippen LogP contribution is -2.34. The lowest BCUT2D eigenvalue weighted by atomic mass is 10.1. The summed E-state index contributed by atoms with van der Waals surface area (Å²) in [5.41, 5.74) is 1.96. The summed E-state index contributed by atoms with van der Waals surface area (Å²) in [6.07, 6.45) is 2.52. The summed E-state index contributed by atoms with van der Waals surface area (Å²) in [5, 5.41) is 9.26. The summed E-state index contributed by atoms with van der Waals surface area (Å²) in [6.45, 7) is 5.52. The molecular formula is C17H26N4O3Si. The van der Waals surface area contributed by atoms with E-state index < -0.39 is 5.97 Å². The lowest BCUT2D eigenvalue weighted by Gasteiger charge is -2.32. The number of ether oxygens (including phenoxy) is 1. The largest absolute Gasteiger partial charge is 0.477 e. The molecule has 8 heteroatoms. The molecule has 1 aliphatic heterocycles. The highest BCUT2D eigenvalue weighted by molar-refractivity contribution is 6.12. The van der Waals surface area contributed by atoms with Crippen molar-refractivity contribution in [2.45, 2.75) is 44.5 Å². The Bertz CT molecular complexity index is 760. The Balaban J connectivity index is 1.96. The second kappa shape index (κ2) is 7.63. The van der Waals surface area contributed by atoms with E-state index in [2.05, 4.69) is 28.4 Å². The number of carbonyl (C=O) groups is 1. The predicted molar refractivity (Wildman–Crippen MR) is 99.2 cm³/mol. The van der Waals surface area contributed by atoms with Gasteiger partial charge < -0.3 is 14.4 Å². The van der Waals surface area contributed by atoms with Crippen LogP contribution in [0.15, 0.2) is 12.1 Å². The molecule has 0 amide bonds. The van der Waals surface area contributed by atoms with E-state index in [0.29, 0.717) is 17.3 Å². The third kappa shape index (κ3) is 3.91. The molecule has 1 N–H and O–H groups in total. The quantitative estimate of drug-likeness (QED) is 0.703. The van der Waals surface area contributed by atoms with Gasteiger partial charge in [-0.15, -0.1) is 0 Å². The number of nitrogens with zero attached hydrogens (tertiary/aromatic N) is 4. The van der Waals surface area contributed by atoms with Crippen molar-refractivity contribution in [2.75, 3.05) is 20.2 Å². The third-order valence-corrected chi connectivity index (χ3v) is 5.86. The topological polar surface area (TPSA) is 80.5 Å². The fraction of sp³-hybridized carbons (Fsp3) is 0.588. The molecule has 136 valence electrons. The first-order valence-corrected chi connectivity index (χ1v) is 10.0. The van der Waals surface area contributed by atoms with Gasteiger partial charge in [-0.2, -0.15) is 0 Å². The van der Waals surface area contributed by atoms with E-state index in [0.717, 1.165) is 60.7 Å². The Hall–Kier alpha value is -1.77. The summed E-state index contributed by atoms with van der Waals surface area (Å²) >= 11 is 0. The third-order valence-electron chi connectivity index (χ3n) is 4.75. The van der Waals surface area contributed by atoms with E-state index in [1.165, 1.54) is 6.07 Å². The first-order chi connectivity index (χ1) is 12.0. The van der Waals surface area contributed by atoms with Gasteiger partial charge in [-0.1, -0.05) is 6.92 Å². The molecule has 3 heterocycles. The number of carboxylic acids is 1. The van der Waals surface area contributed by atoms with Crippen molar-refractivity contribution >= 4 is 27.4 Å². The Morgan fingerprint density at radius 3 is 2.88 bits per heavy atom. The average molecular weight is 363 g/mol. The van der Waals surface area contributed by atoms with Crippen LogP contribution in [0.25, 0.3) is 11.2 Å². The zero-order valence-electron chi connectivity index (χ0n) is 15.1. The molecule has 2 aromatic heterocycles. The van der Waals surface area contributed by atoms with Crippen LogP contribution < -0.4 is 0 Å². The van der Waals surface area contributed by atoms with Crippen LogP contribution in [0, 0.1) is 0 Å². The second-order valence-corrected chi connectivity index (χ2v) is 8.38. The number of rotatable bonds is 8. The van der Waals surface area contributed by atoms with Gasteiger partial charge in [0.25, 0.3) is 0 Å². The SMILES string of the molecule is CCCN(C)Cc1nc2ccc(C(=O)O)nc2n1CC([SiH3])[C@@H]1CCO1. The van der Waals surface area contributed by atoms with E-state index in [1.54, 1.807) is 6.07 Å². The molecule has 25 heavy (non-hydrogen) atoms. The number of aromatic nitrogens is 3. The van der Waals surface area contributed by atoms with Crippen molar-refractivity contribution in [3.63, 3.8) is 0 Å². The zero-order chi connectivity index (χ0) is 18.0. The van der Waals surface area contributed by atoms with E-state index in [4.69, 9.17) is 9.72 Å². The molecule has 1 unspecified atom stereocenters. The summed E-state index contributed by atoms with van der Waals surface area (Å²) in [7, 11) is 3.10. The highest BCUT2D eigenvalue weighted by Crippen LogP contribution is 2.26. The van der Waals surface area contributed by atoms with Gasteiger partial charge in [0, 0.05) is 23.4 Å². The molecule has 3 rings (SSSR count). The normalized spacial score (nSPS) is 18.6. The van der Waals surface area contributed by atoms with Crippen molar-refractivity contribution in [1.82, 2.24) is 19.4 Å². The van der Waals surface area contributed by atoms with Crippen molar-refractivity contribution < 1.29 is 14.6 Å². The number of fused-ring (bicyclic) bond motifs is 1. The minimum atomic E-state index is -1.01. The number of carboxylic acid groups (broad SMARTS) is 1. The average Bonchev–Trinajstić information content (AvgIpc) is 2.82. The van der Waals surface area contributed by atoms with E-state index >= 15 is 0 Å². The van der Waals surface area contributed by atoms with Crippen LogP contribution in [0.3, 0.4) is 0 Å². The molecule has 0 aliphatic carbocycles. The standard InChI is InChI=1S/C17H26N4O3Si/c1-3-7-20(2)10-15-18-11-4-5-12(17(22)23)19-16(11)21(15)9-14(25)13-6-8-24-13/h4-5,13-14H,3,6-10H2,1-2,25H3,(H,22,23)/t13-,14?/m0/s1.